The van der Waals surface area contributed by atoms with Crippen LogP contribution in [0.1, 0.15) is 13.8 Å². The van der Waals surface area contributed by atoms with E-state index in [4.69, 9.17) is 5.73 Å². The molecule has 3 N–H and O–H groups in total. The molecular formula is C13H17N3. The Hall–Kier alpha value is -1.77. The first kappa shape index (κ1) is 10.7. The van der Waals surface area contributed by atoms with Crippen LogP contribution in [0.25, 0.3) is 10.9 Å². The van der Waals surface area contributed by atoms with Crippen LogP contribution in [-0.2, 0) is 0 Å². The Morgan fingerprint density at radius 2 is 2.06 bits per heavy atom. The summed E-state index contributed by atoms with van der Waals surface area (Å²) in [6, 6.07) is 9.80. The van der Waals surface area contributed by atoms with Crippen LogP contribution in [-0.4, -0.2) is 11.5 Å². The third-order valence-electron chi connectivity index (χ3n) is 2.40. The van der Waals surface area contributed by atoms with E-state index < -0.39 is 0 Å². The zero-order valence-electron chi connectivity index (χ0n) is 9.70. The summed E-state index contributed by atoms with van der Waals surface area (Å²) >= 11 is 0. The second kappa shape index (κ2) is 4.39. The summed E-state index contributed by atoms with van der Waals surface area (Å²) in [5.41, 5.74) is 7.47. The largest absolute Gasteiger partial charge is 0.399 e. The number of nitrogens with zero attached hydrogens (tertiary/aromatic N) is 1. The summed E-state index contributed by atoms with van der Waals surface area (Å²) < 4.78 is 0. The fourth-order valence-electron chi connectivity index (χ4n) is 1.55. The van der Waals surface area contributed by atoms with Crippen molar-refractivity contribution in [2.24, 2.45) is 5.92 Å². The molecule has 84 valence electrons. The van der Waals surface area contributed by atoms with Gasteiger partial charge in [0.1, 0.15) is 5.82 Å². The lowest BCUT2D eigenvalue weighted by atomic mass is 10.2. The maximum Gasteiger partial charge on any atom is 0.126 e. The Bertz CT molecular complexity index is 492. The second-order valence-electron chi connectivity index (χ2n) is 4.42. The normalized spacial score (nSPS) is 10.9. The van der Waals surface area contributed by atoms with E-state index in [1.807, 2.05) is 30.3 Å². The van der Waals surface area contributed by atoms with Crippen LogP contribution in [0.2, 0.25) is 0 Å². The Labute approximate surface area is 95.7 Å². The molecule has 0 fully saturated rings. The number of fused-ring (bicyclic) bond motifs is 1. The van der Waals surface area contributed by atoms with Gasteiger partial charge < -0.3 is 11.1 Å². The number of hydrogen-bond acceptors (Lipinski definition) is 3. The van der Waals surface area contributed by atoms with Gasteiger partial charge in [-0.25, -0.2) is 4.98 Å². The molecule has 1 aromatic heterocycles. The molecule has 3 nitrogen and oxygen atoms in total. The smallest absolute Gasteiger partial charge is 0.126 e. The number of nitrogen functional groups attached to an aromatic ring is 1. The lowest BCUT2D eigenvalue weighted by Gasteiger charge is -2.08. The fourth-order valence-corrected chi connectivity index (χ4v) is 1.55. The molecule has 16 heavy (non-hydrogen) atoms. The van der Waals surface area contributed by atoms with Gasteiger partial charge in [-0.15, -0.1) is 0 Å². The van der Waals surface area contributed by atoms with Gasteiger partial charge in [0, 0.05) is 17.6 Å². The van der Waals surface area contributed by atoms with Crippen LogP contribution >= 0.6 is 0 Å². The lowest BCUT2D eigenvalue weighted by Crippen LogP contribution is -2.08. The van der Waals surface area contributed by atoms with Crippen molar-refractivity contribution >= 4 is 22.4 Å². The van der Waals surface area contributed by atoms with E-state index in [0.717, 1.165) is 29.0 Å². The number of hydrogen-bond donors (Lipinski definition) is 2. The molecule has 3 heteroatoms. The van der Waals surface area contributed by atoms with E-state index >= 15 is 0 Å². The predicted octanol–water partition coefficient (Wildman–Crippen LogP) is 2.88. The van der Waals surface area contributed by atoms with Gasteiger partial charge in [0.25, 0.3) is 0 Å². The first-order chi connectivity index (χ1) is 7.65. The van der Waals surface area contributed by atoms with Crippen molar-refractivity contribution in [1.82, 2.24) is 4.98 Å². The Kier molecular flexibility index (Phi) is 2.95. The van der Waals surface area contributed by atoms with Crippen molar-refractivity contribution in [2.75, 3.05) is 17.6 Å². The molecule has 0 saturated carbocycles. The minimum atomic E-state index is 0.615. The SMILES string of the molecule is CC(C)CNc1ccc2cc(N)ccc2n1. The second-order valence-corrected chi connectivity index (χ2v) is 4.42. The van der Waals surface area contributed by atoms with Crippen LogP contribution in [0.3, 0.4) is 0 Å². The van der Waals surface area contributed by atoms with Gasteiger partial charge in [-0.1, -0.05) is 13.8 Å². The van der Waals surface area contributed by atoms with Crippen LogP contribution in [0.5, 0.6) is 0 Å². The molecule has 1 heterocycles. The molecule has 0 atom stereocenters. The fraction of sp³-hybridized carbons (Fsp3) is 0.308. The van der Waals surface area contributed by atoms with Crippen molar-refractivity contribution in [3.8, 4) is 0 Å². The summed E-state index contributed by atoms with van der Waals surface area (Å²) in [6.45, 7) is 5.29. The number of nitrogens with two attached hydrogens (primary N) is 1. The molecule has 0 unspecified atom stereocenters. The van der Waals surface area contributed by atoms with Crippen molar-refractivity contribution in [2.45, 2.75) is 13.8 Å². The quantitative estimate of drug-likeness (QED) is 0.774. The van der Waals surface area contributed by atoms with Gasteiger partial charge in [0.05, 0.1) is 5.52 Å². The maximum atomic E-state index is 5.72. The third kappa shape index (κ3) is 2.42. The molecule has 2 rings (SSSR count). The van der Waals surface area contributed by atoms with Gasteiger partial charge >= 0.3 is 0 Å². The standard InChI is InChI=1S/C13H17N3/c1-9(2)8-15-13-6-3-10-7-11(14)4-5-12(10)16-13/h3-7,9H,8,14H2,1-2H3,(H,15,16). The van der Waals surface area contributed by atoms with Crippen molar-refractivity contribution in [1.29, 1.82) is 0 Å². The molecule has 0 amide bonds. The molecule has 0 radical (unpaired) electrons. The highest BCUT2D eigenvalue weighted by atomic mass is 15.0. The zero-order chi connectivity index (χ0) is 11.5. The number of pyridine rings is 1. The molecule has 0 spiro atoms. The van der Waals surface area contributed by atoms with Crippen LogP contribution in [0, 0.1) is 5.92 Å². The van der Waals surface area contributed by atoms with Gasteiger partial charge in [-0.3, -0.25) is 0 Å². The number of aromatic nitrogens is 1. The predicted molar refractivity (Wildman–Crippen MR) is 69.5 cm³/mol. The van der Waals surface area contributed by atoms with Crippen LogP contribution < -0.4 is 11.1 Å². The molecule has 0 aliphatic rings. The highest BCUT2D eigenvalue weighted by molar-refractivity contribution is 5.83. The van der Waals surface area contributed by atoms with Gasteiger partial charge in [-0.2, -0.15) is 0 Å². The molecule has 0 aliphatic carbocycles. The van der Waals surface area contributed by atoms with Crippen molar-refractivity contribution < 1.29 is 0 Å². The molecular weight excluding hydrogens is 198 g/mol. The number of anilines is 2. The first-order valence-corrected chi connectivity index (χ1v) is 5.55. The van der Waals surface area contributed by atoms with E-state index in [2.05, 4.69) is 24.1 Å². The summed E-state index contributed by atoms with van der Waals surface area (Å²) in [4.78, 5) is 4.52. The molecule has 1 aromatic carbocycles. The number of rotatable bonds is 3. The highest BCUT2D eigenvalue weighted by Crippen LogP contribution is 2.17. The first-order valence-electron chi connectivity index (χ1n) is 5.55. The van der Waals surface area contributed by atoms with Gasteiger partial charge in [0.15, 0.2) is 0 Å². The van der Waals surface area contributed by atoms with Gasteiger partial charge in [0.2, 0.25) is 0 Å². The van der Waals surface area contributed by atoms with Crippen molar-refractivity contribution in [3.63, 3.8) is 0 Å². The topological polar surface area (TPSA) is 50.9 Å². The molecule has 0 saturated heterocycles. The highest BCUT2D eigenvalue weighted by Gasteiger charge is 1.99. The van der Waals surface area contributed by atoms with E-state index in [1.54, 1.807) is 0 Å². The van der Waals surface area contributed by atoms with E-state index in [1.165, 1.54) is 0 Å². The average Bonchev–Trinajstić information content (AvgIpc) is 2.26. The zero-order valence-corrected chi connectivity index (χ0v) is 9.70. The summed E-state index contributed by atoms with van der Waals surface area (Å²) in [5, 5.41) is 4.39. The number of nitrogens with one attached hydrogen (secondary N) is 1. The monoisotopic (exact) mass is 215 g/mol. The minimum absolute atomic E-state index is 0.615. The molecule has 0 bridgehead atoms. The molecule has 0 aliphatic heterocycles. The van der Waals surface area contributed by atoms with Crippen LogP contribution in [0.15, 0.2) is 30.3 Å². The summed E-state index contributed by atoms with van der Waals surface area (Å²) in [6.07, 6.45) is 0. The Morgan fingerprint density at radius 1 is 1.25 bits per heavy atom. The van der Waals surface area contributed by atoms with E-state index in [-0.39, 0.29) is 0 Å². The third-order valence-corrected chi connectivity index (χ3v) is 2.40. The van der Waals surface area contributed by atoms with Crippen LogP contribution in [0.4, 0.5) is 11.5 Å². The van der Waals surface area contributed by atoms with E-state index in [0.29, 0.717) is 5.92 Å². The Balaban J connectivity index is 2.26. The number of benzene rings is 1. The maximum absolute atomic E-state index is 5.72. The Morgan fingerprint density at radius 3 is 2.81 bits per heavy atom. The lowest BCUT2D eigenvalue weighted by molar-refractivity contribution is 0.687. The molecule has 2 aromatic rings. The van der Waals surface area contributed by atoms with Crippen molar-refractivity contribution in [3.05, 3.63) is 30.3 Å². The average molecular weight is 215 g/mol. The minimum Gasteiger partial charge on any atom is -0.399 e. The van der Waals surface area contributed by atoms with Gasteiger partial charge in [-0.05, 0) is 36.2 Å². The van der Waals surface area contributed by atoms with E-state index in [9.17, 15) is 0 Å². The summed E-state index contributed by atoms with van der Waals surface area (Å²) in [5.74, 6) is 1.54. The summed E-state index contributed by atoms with van der Waals surface area (Å²) in [7, 11) is 0.